The summed E-state index contributed by atoms with van der Waals surface area (Å²) in [7, 11) is 1.70. The first-order chi connectivity index (χ1) is 9.26. The first kappa shape index (κ1) is 12.2. The van der Waals surface area contributed by atoms with Crippen molar-refractivity contribution in [1.82, 2.24) is 9.80 Å². The van der Waals surface area contributed by atoms with Crippen molar-refractivity contribution in [3.8, 4) is 5.75 Å². The Kier molecular flexibility index (Phi) is 3.20. The van der Waals surface area contributed by atoms with Gasteiger partial charge in [-0.2, -0.15) is 0 Å². The average Bonchev–Trinajstić information content (AvgIpc) is 2.81. The van der Waals surface area contributed by atoms with Gasteiger partial charge >= 0.3 is 0 Å². The van der Waals surface area contributed by atoms with Gasteiger partial charge in [-0.1, -0.05) is 18.2 Å². The molecule has 0 amide bonds. The van der Waals surface area contributed by atoms with Crippen molar-refractivity contribution >= 4 is 0 Å². The van der Waals surface area contributed by atoms with E-state index >= 15 is 0 Å². The third kappa shape index (κ3) is 2.46. The maximum Gasteiger partial charge on any atom is 0.118 e. The Labute approximate surface area is 114 Å². The van der Waals surface area contributed by atoms with Crippen molar-refractivity contribution in [1.29, 1.82) is 0 Å². The van der Waals surface area contributed by atoms with Crippen molar-refractivity contribution in [3.05, 3.63) is 53.9 Å². The molecule has 1 atom stereocenters. The zero-order chi connectivity index (χ0) is 13.2. The molecular weight excluding hydrogens is 236 g/mol. The minimum Gasteiger partial charge on any atom is -0.497 e. The molecule has 0 spiro atoms. The fourth-order valence-electron chi connectivity index (χ4n) is 2.67. The minimum absolute atomic E-state index is 0.623. The Morgan fingerprint density at radius 1 is 1.26 bits per heavy atom. The smallest absolute Gasteiger partial charge is 0.118 e. The SMILES string of the molecule is COc1ccc(CN2C=CC3=CCC(C)N3C2)cc1. The largest absolute Gasteiger partial charge is 0.497 e. The lowest BCUT2D eigenvalue weighted by atomic mass is 10.2. The van der Waals surface area contributed by atoms with Crippen LogP contribution >= 0.6 is 0 Å². The van der Waals surface area contributed by atoms with Gasteiger partial charge in [-0.05, 0) is 37.1 Å². The third-order valence-corrected chi connectivity index (χ3v) is 3.87. The highest BCUT2D eigenvalue weighted by Crippen LogP contribution is 2.27. The van der Waals surface area contributed by atoms with E-state index in [1.807, 2.05) is 12.1 Å². The highest BCUT2D eigenvalue weighted by atomic mass is 16.5. The number of hydrogen-bond donors (Lipinski definition) is 0. The maximum absolute atomic E-state index is 5.19. The predicted molar refractivity (Wildman–Crippen MR) is 76.5 cm³/mol. The molecule has 0 radical (unpaired) electrons. The van der Waals surface area contributed by atoms with E-state index in [4.69, 9.17) is 4.74 Å². The van der Waals surface area contributed by atoms with Crippen LogP contribution in [0.1, 0.15) is 18.9 Å². The molecule has 3 nitrogen and oxygen atoms in total. The van der Waals surface area contributed by atoms with Gasteiger partial charge in [-0.15, -0.1) is 0 Å². The lowest BCUT2D eigenvalue weighted by molar-refractivity contribution is 0.171. The van der Waals surface area contributed by atoms with E-state index in [0.717, 1.165) is 25.4 Å². The van der Waals surface area contributed by atoms with E-state index in [1.54, 1.807) is 7.11 Å². The van der Waals surface area contributed by atoms with Crippen molar-refractivity contribution < 1.29 is 4.74 Å². The van der Waals surface area contributed by atoms with Crippen LogP contribution in [0, 0.1) is 0 Å². The van der Waals surface area contributed by atoms with Crippen LogP contribution in [-0.4, -0.2) is 29.6 Å². The van der Waals surface area contributed by atoms with E-state index in [2.05, 4.69) is 47.2 Å². The van der Waals surface area contributed by atoms with E-state index in [9.17, 15) is 0 Å². The summed E-state index contributed by atoms with van der Waals surface area (Å²) in [6, 6.07) is 8.93. The zero-order valence-corrected chi connectivity index (χ0v) is 11.5. The number of methoxy groups -OCH3 is 1. The second-order valence-electron chi connectivity index (χ2n) is 5.24. The third-order valence-electron chi connectivity index (χ3n) is 3.87. The van der Waals surface area contributed by atoms with Gasteiger partial charge in [-0.25, -0.2) is 0 Å². The molecule has 1 aromatic carbocycles. The van der Waals surface area contributed by atoms with Gasteiger partial charge in [0.25, 0.3) is 0 Å². The van der Waals surface area contributed by atoms with Crippen molar-refractivity contribution in [2.24, 2.45) is 0 Å². The molecule has 0 N–H and O–H groups in total. The Bertz CT molecular complexity index is 504. The Balaban J connectivity index is 1.67. The molecule has 3 heteroatoms. The number of hydrogen-bond acceptors (Lipinski definition) is 3. The number of ether oxygens (including phenoxy) is 1. The number of rotatable bonds is 3. The molecule has 3 rings (SSSR count). The van der Waals surface area contributed by atoms with Gasteiger partial charge in [0.05, 0.1) is 13.8 Å². The molecule has 2 aliphatic rings. The highest BCUT2D eigenvalue weighted by molar-refractivity contribution is 5.29. The van der Waals surface area contributed by atoms with Gasteiger partial charge in [0.1, 0.15) is 5.75 Å². The summed E-state index contributed by atoms with van der Waals surface area (Å²) < 4.78 is 5.19. The molecule has 0 saturated carbocycles. The maximum atomic E-state index is 5.19. The molecule has 2 aliphatic heterocycles. The predicted octanol–water partition coefficient (Wildman–Crippen LogP) is 2.96. The van der Waals surface area contributed by atoms with E-state index in [1.165, 1.54) is 11.3 Å². The molecule has 1 unspecified atom stereocenters. The number of nitrogens with zero attached hydrogens (tertiary/aromatic N) is 2. The van der Waals surface area contributed by atoms with Gasteiger partial charge in [0.2, 0.25) is 0 Å². The first-order valence-corrected chi connectivity index (χ1v) is 6.78. The van der Waals surface area contributed by atoms with Crippen LogP contribution in [0.25, 0.3) is 0 Å². The summed E-state index contributed by atoms with van der Waals surface area (Å²) in [4.78, 5) is 4.81. The molecule has 0 aliphatic carbocycles. The lowest BCUT2D eigenvalue weighted by Gasteiger charge is -2.36. The molecule has 19 heavy (non-hydrogen) atoms. The Hall–Kier alpha value is -1.90. The summed E-state index contributed by atoms with van der Waals surface area (Å²) in [5.41, 5.74) is 2.68. The van der Waals surface area contributed by atoms with Crippen LogP contribution in [0.15, 0.2) is 48.3 Å². The second kappa shape index (κ2) is 5.00. The highest BCUT2D eigenvalue weighted by Gasteiger charge is 2.24. The molecule has 0 bridgehead atoms. The van der Waals surface area contributed by atoms with Crippen LogP contribution in [0.5, 0.6) is 5.75 Å². The molecule has 0 aromatic heterocycles. The minimum atomic E-state index is 0.623. The van der Waals surface area contributed by atoms with Gasteiger partial charge in [0, 0.05) is 24.5 Å². The van der Waals surface area contributed by atoms with Crippen LogP contribution in [0.4, 0.5) is 0 Å². The molecule has 1 aromatic rings. The van der Waals surface area contributed by atoms with Crippen molar-refractivity contribution in [2.45, 2.75) is 25.9 Å². The van der Waals surface area contributed by atoms with Gasteiger partial charge in [-0.3, -0.25) is 0 Å². The summed E-state index contributed by atoms with van der Waals surface area (Å²) in [6.45, 7) is 4.21. The first-order valence-electron chi connectivity index (χ1n) is 6.78. The van der Waals surface area contributed by atoms with E-state index in [-0.39, 0.29) is 0 Å². The quantitative estimate of drug-likeness (QED) is 0.827. The van der Waals surface area contributed by atoms with Crippen molar-refractivity contribution in [3.63, 3.8) is 0 Å². The summed E-state index contributed by atoms with van der Waals surface area (Å²) in [6.07, 6.45) is 7.91. The standard InChI is InChI=1S/C16H20N2O/c1-13-3-6-15-9-10-17(12-18(13)15)11-14-4-7-16(19-2)8-5-14/h4-10,13H,3,11-12H2,1-2H3. The summed E-state index contributed by atoms with van der Waals surface area (Å²) in [5.74, 6) is 0.913. The Morgan fingerprint density at radius 3 is 2.79 bits per heavy atom. The summed E-state index contributed by atoms with van der Waals surface area (Å²) >= 11 is 0. The molecule has 2 heterocycles. The van der Waals surface area contributed by atoms with Crippen LogP contribution in [-0.2, 0) is 6.54 Å². The lowest BCUT2D eigenvalue weighted by Crippen LogP contribution is -2.39. The number of benzene rings is 1. The monoisotopic (exact) mass is 256 g/mol. The van der Waals surface area contributed by atoms with Crippen molar-refractivity contribution in [2.75, 3.05) is 13.8 Å². The molecule has 0 fully saturated rings. The van der Waals surface area contributed by atoms with Crippen LogP contribution < -0.4 is 4.74 Å². The van der Waals surface area contributed by atoms with Crippen LogP contribution in [0.2, 0.25) is 0 Å². The summed E-state index contributed by atoms with van der Waals surface area (Å²) in [5, 5.41) is 0. The van der Waals surface area contributed by atoms with E-state index < -0.39 is 0 Å². The average molecular weight is 256 g/mol. The normalized spacial score (nSPS) is 21.4. The molecule has 0 saturated heterocycles. The number of allylic oxidation sites excluding steroid dienone is 1. The fraction of sp³-hybridized carbons (Fsp3) is 0.375. The topological polar surface area (TPSA) is 15.7 Å². The zero-order valence-electron chi connectivity index (χ0n) is 11.5. The second-order valence-corrected chi connectivity index (χ2v) is 5.24. The van der Waals surface area contributed by atoms with Gasteiger partial charge in [0.15, 0.2) is 0 Å². The van der Waals surface area contributed by atoms with Gasteiger partial charge < -0.3 is 14.5 Å². The fourth-order valence-corrected chi connectivity index (χ4v) is 2.67. The van der Waals surface area contributed by atoms with E-state index in [0.29, 0.717) is 6.04 Å². The number of fused-ring (bicyclic) bond motifs is 1. The van der Waals surface area contributed by atoms with Crippen LogP contribution in [0.3, 0.4) is 0 Å². The Morgan fingerprint density at radius 2 is 2.05 bits per heavy atom. The molecular formula is C16H20N2O. The molecule has 100 valence electrons.